The first kappa shape index (κ1) is 30.3. The van der Waals surface area contributed by atoms with Crippen LogP contribution in [0.3, 0.4) is 0 Å². The summed E-state index contributed by atoms with van der Waals surface area (Å²) in [6, 6.07) is 33.4. The molecule has 0 aliphatic rings. The van der Waals surface area contributed by atoms with E-state index < -0.39 is 23.4 Å². The molecule has 4 aromatic carbocycles. The van der Waals surface area contributed by atoms with E-state index in [1.807, 2.05) is 91.0 Å². The van der Waals surface area contributed by atoms with E-state index in [0.29, 0.717) is 18.0 Å². The van der Waals surface area contributed by atoms with Crippen LogP contribution in [-0.2, 0) is 38.9 Å². The Labute approximate surface area is 247 Å². The van der Waals surface area contributed by atoms with Crippen LogP contribution < -0.4 is 14.8 Å². The van der Waals surface area contributed by atoms with E-state index in [2.05, 4.69) is 5.32 Å². The van der Waals surface area contributed by atoms with E-state index in [-0.39, 0.29) is 25.6 Å². The summed E-state index contributed by atoms with van der Waals surface area (Å²) in [5, 5.41) is 3.17. The zero-order chi connectivity index (χ0) is 29.8. The van der Waals surface area contributed by atoms with Crippen LogP contribution in [0.25, 0.3) is 0 Å². The molecule has 0 radical (unpaired) electrons. The van der Waals surface area contributed by atoms with Crippen molar-refractivity contribution in [3.8, 4) is 11.5 Å². The zero-order valence-electron chi connectivity index (χ0n) is 24.2. The van der Waals surface area contributed by atoms with Crippen molar-refractivity contribution in [3.05, 3.63) is 126 Å². The number of carbonyl (C=O) groups excluding carboxylic acids is 2. The van der Waals surface area contributed by atoms with E-state index in [1.165, 1.54) is 0 Å². The van der Waals surface area contributed by atoms with Crippen LogP contribution in [-0.4, -0.2) is 24.6 Å². The van der Waals surface area contributed by atoms with E-state index in [9.17, 15) is 9.59 Å². The average Bonchev–Trinajstić information content (AvgIpc) is 3.01. The molecule has 1 atom stereocenters. The van der Waals surface area contributed by atoms with Crippen molar-refractivity contribution in [1.82, 2.24) is 0 Å². The fraction of sp³-hybridized carbons (Fsp3) is 0.257. The second-order valence-electron chi connectivity index (χ2n) is 10.6. The van der Waals surface area contributed by atoms with Crippen LogP contribution in [0.4, 0.5) is 5.69 Å². The van der Waals surface area contributed by atoms with Gasteiger partial charge in [-0.2, -0.15) is 0 Å². The third kappa shape index (κ3) is 8.94. The predicted octanol–water partition coefficient (Wildman–Crippen LogP) is 6.96. The number of ether oxygens (including phenoxy) is 4. The number of anilines is 1. The van der Waals surface area contributed by atoms with Gasteiger partial charge in [-0.3, -0.25) is 4.79 Å². The molecular weight excluding hydrogens is 530 g/mol. The Balaban J connectivity index is 1.46. The Morgan fingerprint density at radius 2 is 1.26 bits per heavy atom. The zero-order valence-corrected chi connectivity index (χ0v) is 24.2. The number of benzene rings is 4. The summed E-state index contributed by atoms with van der Waals surface area (Å²) in [5.41, 5.74) is 2.43. The van der Waals surface area contributed by atoms with Crippen molar-refractivity contribution in [1.29, 1.82) is 0 Å². The molecule has 0 amide bonds. The molecule has 7 nitrogen and oxygen atoms in total. The Morgan fingerprint density at radius 1 is 0.714 bits per heavy atom. The molecule has 0 fully saturated rings. The Bertz CT molecular complexity index is 1420. The highest BCUT2D eigenvalue weighted by molar-refractivity contribution is 5.82. The highest BCUT2D eigenvalue weighted by atomic mass is 16.6. The Hall–Kier alpha value is -4.62. The molecule has 4 aromatic rings. The SMILES string of the molecule is C[C@H](Nc1cccc(OC(=O)C(C)(C)COCc2ccccc2)c1OCc1ccccc1)C(=O)OCc1ccccc1. The quantitative estimate of drug-likeness (QED) is 0.130. The number of hydrogen-bond donors (Lipinski definition) is 1. The van der Waals surface area contributed by atoms with E-state index >= 15 is 0 Å². The van der Waals surface area contributed by atoms with Crippen LogP contribution in [0.1, 0.15) is 37.5 Å². The van der Waals surface area contributed by atoms with Gasteiger partial charge in [-0.05, 0) is 49.6 Å². The van der Waals surface area contributed by atoms with E-state index in [4.69, 9.17) is 18.9 Å². The monoisotopic (exact) mass is 567 g/mol. The van der Waals surface area contributed by atoms with Gasteiger partial charge in [0.25, 0.3) is 0 Å². The van der Waals surface area contributed by atoms with Gasteiger partial charge in [0.05, 0.1) is 24.3 Å². The fourth-order valence-corrected chi connectivity index (χ4v) is 4.03. The van der Waals surface area contributed by atoms with Crippen molar-refractivity contribution < 1.29 is 28.5 Å². The summed E-state index contributed by atoms with van der Waals surface area (Å²) >= 11 is 0. The number of nitrogens with one attached hydrogen (secondary N) is 1. The molecule has 0 aromatic heterocycles. The van der Waals surface area contributed by atoms with Gasteiger partial charge in [0.15, 0.2) is 11.5 Å². The van der Waals surface area contributed by atoms with E-state index in [1.54, 1.807) is 39.0 Å². The molecule has 0 aliphatic heterocycles. The third-order valence-corrected chi connectivity index (χ3v) is 6.48. The highest BCUT2D eigenvalue weighted by Gasteiger charge is 2.32. The van der Waals surface area contributed by atoms with Crippen LogP contribution >= 0.6 is 0 Å². The lowest BCUT2D eigenvalue weighted by Crippen LogP contribution is -2.33. The van der Waals surface area contributed by atoms with Crippen molar-refractivity contribution in [2.24, 2.45) is 5.41 Å². The van der Waals surface area contributed by atoms with Gasteiger partial charge in [0.2, 0.25) is 0 Å². The largest absolute Gasteiger partial charge is 0.483 e. The first-order valence-electron chi connectivity index (χ1n) is 13.9. The van der Waals surface area contributed by atoms with Gasteiger partial charge >= 0.3 is 11.9 Å². The van der Waals surface area contributed by atoms with Gasteiger partial charge in [-0.1, -0.05) is 97.1 Å². The number of rotatable bonds is 14. The molecule has 0 unspecified atom stereocenters. The molecule has 1 N–H and O–H groups in total. The molecule has 218 valence electrons. The molecular formula is C35H37NO6. The first-order chi connectivity index (χ1) is 20.3. The molecule has 42 heavy (non-hydrogen) atoms. The molecule has 0 heterocycles. The van der Waals surface area contributed by atoms with Gasteiger partial charge < -0.3 is 24.3 Å². The van der Waals surface area contributed by atoms with Gasteiger partial charge in [0.1, 0.15) is 19.3 Å². The second-order valence-corrected chi connectivity index (χ2v) is 10.6. The maximum atomic E-state index is 13.3. The summed E-state index contributed by atoms with van der Waals surface area (Å²) < 4.78 is 23.4. The fourth-order valence-electron chi connectivity index (χ4n) is 4.03. The molecule has 0 saturated heterocycles. The van der Waals surface area contributed by atoms with Gasteiger partial charge in [0, 0.05) is 0 Å². The second kappa shape index (κ2) is 14.8. The maximum absolute atomic E-state index is 13.3. The van der Waals surface area contributed by atoms with Crippen LogP contribution in [0, 0.1) is 5.41 Å². The molecule has 7 heteroatoms. The molecule has 0 saturated carbocycles. The minimum atomic E-state index is -0.927. The van der Waals surface area contributed by atoms with Crippen molar-refractivity contribution in [3.63, 3.8) is 0 Å². The minimum Gasteiger partial charge on any atom is -0.483 e. The standard InChI is InChI=1S/C35H37NO6/c1-26(33(37)41-24-29-18-11-6-12-19-29)36-30-20-13-21-31(32(30)40-23-28-16-9-5-10-17-28)42-34(38)35(2,3)25-39-22-27-14-7-4-8-15-27/h4-21,26,36H,22-25H2,1-3H3/t26-/m0/s1. The summed E-state index contributed by atoms with van der Waals surface area (Å²) in [4.78, 5) is 26.1. The van der Waals surface area contributed by atoms with Crippen molar-refractivity contribution in [2.75, 3.05) is 11.9 Å². The summed E-state index contributed by atoms with van der Waals surface area (Å²) in [7, 11) is 0. The van der Waals surface area contributed by atoms with E-state index in [0.717, 1.165) is 16.7 Å². The number of carbonyl (C=O) groups is 2. The average molecular weight is 568 g/mol. The van der Waals surface area contributed by atoms with Crippen molar-refractivity contribution >= 4 is 17.6 Å². The summed E-state index contributed by atoms with van der Waals surface area (Å²) in [5.74, 6) is -0.333. The smallest absolute Gasteiger partial charge is 0.328 e. The third-order valence-electron chi connectivity index (χ3n) is 6.48. The number of esters is 2. The Morgan fingerprint density at radius 3 is 1.86 bits per heavy atom. The van der Waals surface area contributed by atoms with Crippen LogP contribution in [0.2, 0.25) is 0 Å². The maximum Gasteiger partial charge on any atom is 0.328 e. The lowest BCUT2D eigenvalue weighted by Gasteiger charge is -2.24. The molecule has 0 spiro atoms. The normalized spacial score (nSPS) is 11.8. The predicted molar refractivity (Wildman–Crippen MR) is 162 cm³/mol. The topological polar surface area (TPSA) is 83.1 Å². The lowest BCUT2D eigenvalue weighted by molar-refractivity contribution is -0.148. The molecule has 4 rings (SSSR count). The summed E-state index contributed by atoms with van der Waals surface area (Å²) in [6.45, 7) is 6.22. The highest BCUT2D eigenvalue weighted by Crippen LogP contribution is 2.38. The van der Waals surface area contributed by atoms with Crippen LogP contribution in [0.5, 0.6) is 11.5 Å². The van der Waals surface area contributed by atoms with Crippen LogP contribution in [0.15, 0.2) is 109 Å². The Kier molecular flexibility index (Phi) is 10.7. The number of hydrogen-bond acceptors (Lipinski definition) is 7. The minimum absolute atomic E-state index is 0.169. The lowest BCUT2D eigenvalue weighted by atomic mass is 9.95. The van der Waals surface area contributed by atoms with Gasteiger partial charge in [-0.25, -0.2) is 4.79 Å². The van der Waals surface area contributed by atoms with Gasteiger partial charge in [-0.15, -0.1) is 0 Å². The summed E-state index contributed by atoms with van der Waals surface area (Å²) in [6.07, 6.45) is 0. The first-order valence-corrected chi connectivity index (χ1v) is 13.9. The molecule has 0 aliphatic carbocycles. The number of para-hydroxylation sites is 1. The van der Waals surface area contributed by atoms with Crippen molar-refractivity contribution in [2.45, 2.75) is 46.6 Å². The molecule has 0 bridgehead atoms.